The number of hydrogen-bond acceptors (Lipinski definition) is 5. The van der Waals surface area contributed by atoms with Crippen LogP contribution in [-0.4, -0.2) is 37.1 Å². The van der Waals surface area contributed by atoms with Crippen molar-refractivity contribution in [3.63, 3.8) is 0 Å². The molecule has 0 aromatic carbocycles. The van der Waals surface area contributed by atoms with Crippen LogP contribution in [0, 0.1) is 11.3 Å². The number of rotatable bonds is 3. The van der Waals surface area contributed by atoms with Crippen molar-refractivity contribution in [2.24, 2.45) is 7.05 Å². The molecule has 4 aromatic heterocycles. The summed E-state index contributed by atoms with van der Waals surface area (Å²) in [6.07, 6.45) is 10.9. The van der Waals surface area contributed by atoms with Crippen molar-refractivity contribution in [2.45, 2.75) is 18.9 Å². The highest BCUT2D eigenvalue weighted by Gasteiger charge is 2.18. The van der Waals surface area contributed by atoms with E-state index in [2.05, 4.69) is 21.6 Å². The molecule has 5 heterocycles. The van der Waals surface area contributed by atoms with Crippen molar-refractivity contribution in [1.82, 2.24) is 29.3 Å². The molecule has 8 nitrogen and oxygen atoms in total. The zero-order chi connectivity index (χ0) is 20.7. The predicted molar refractivity (Wildman–Crippen MR) is 113 cm³/mol. The van der Waals surface area contributed by atoms with Crippen LogP contribution in [-0.2, 0) is 7.05 Å². The number of pyridine rings is 2. The van der Waals surface area contributed by atoms with Crippen molar-refractivity contribution < 1.29 is 0 Å². The van der Waals surface area contributed by atoms with Crippen LogP contribution in [0.2, 0.25) is 0 Å². The molecular formula is C22H21N7O. The molecule has 0 atom stereocenters. The van der Waals surface area contributed by atoms with E-state index in [4.69, 9.17) is 0 Å². The lowest BCUT2D eigenvalue weighted by Crippen LogP contribution is -2.33. The molecular weight excluding hydrogens is 378 g/mol. The highest BCUT2D eigenvalue weighted by atomic mass is 16.1. The van der Waals surface area contributed by atoms with E-state index in [-0.39, 0.29) is 11.6 Å². The van der Waals surface area contributed by atoms with Gasteiger partial charge in [-0.1, -0.05) is 0 Å². The highest BCUT2D eigenvalue weighted by Crippen LogP contribution is 2.31. The smallest absolute Gasteiger partial charge is 0.251 e. The summed E-state index contributed by atoms with van der Waals surface area (Å²) >= 11 is 0. The van der Waals surface area contributed by atoms with E-state index in [9.17, 15) is 10.1 Å². The summed E-state index contributed by atoms with van der Waals surface area (Å²) in [7, 11) is 1.87. The fraction of sp³-hybridized carbons (Fsp3) is 0.273. The lowest BCUT2D eigenvalue weighted by atomic mass is 10.0. The van der Waals surface area contributed by atoms with Gasteiger partial charge in [0.1, 0.15) is 6.07 Å². The van der Waals surface area contributed by atoms with E-state index < -0.39 is 0 Å². The molecule has 1 aliphatic heterocycles. The van der Waals surface area contributed by atoms with Gasteiger partial charge in [-0.2, -0.15) is 15.5 Å². The Kier molecular flexibility index (Phi) is 4.45. The van der Waals surface area contributed by atoms with Crippen molar-refractivity contribution >= 4 is 5.52 Å². The molecule has 4 aromatic rings. The number of fused-ring (bicyclic) bond motifs is 1. The number of hydrogen-bond donors (Lipinski definition) is 1. The second-order valence-electron chi connectivity index (χ2n) is 7.65. The summed E-state index contributed by atoms with van der Waals surface area (Å²) in [6, 6.07) is 8.05. The number of aryl methyl sites for hydroxylation is 1. The Morgan fingerprint density at radius 3 is 2.63 bits per heavy atom. The molecule has 0 spiro atoms. The second kappa shape index (κ2) is 7.28. The lowest BCUT2D eigenvalue weighted by Gasteiger charge is -2.24. The second-order valence-corrected chi connectivity index (χ2v) is 7.65. The number of nitrogens with one attached hydrogen (secondary N) is 1. The Morgan fingerprint density at radius 2 is 1.93 bits per heavy atom. The van der Waals surface area contributed by atoms with Gasteiger partial charge in [-0.25, -0.2) is 4.52 Å². The molecule has 30 heavy (non-hydrogen) atoms. The van der Waals surface area contributed by atoms with Gasteiger partial charge in [0.2, 0.25) is 0 Å². The van der Waals surface area contributed by atoms with Crippen molar-refractivity contribution in [3.05, 3.63) is 65.1 Å². The Labute approximate surface area is 173 Å². The number of nitriles is 1. The van der Waals surface area contributed by atoms with E-state index in [1.807, 2.05) is 42.3 Å². The van der Waals surface area contributed by atoms with Crippen LogP contribution >= 0.6 is 0 Å². The van der Waals surface area contributed by atoms with Gasteiger partial charge in [0, 0.05) is 54.4 Å². The molecule has 1 saturated heterocycles. The van der Waals surface area contributed by atoms with Gasteiger partial charge < -0.3 is 9.88 Å². The zero-order valence-electron chi connectivity index (χ0n) is 16.6. The van der Waals surface area contributed by atoms with Crippen LogP contribution < -0.4 is 10.9 Å². The molecule has 0 radical (unpaired) electrons. The minimum Gasteiger partial charge on any atom is -0.317 e. The quantitative estimate of drug-likeness (QED) is 0.571. The monoisotopic (exact) mass is 399 g/mol. The molecule has 1 aliphatic rings. The highest BCUT2D eigenvalue weighted by molar-refractivity contribution is 5.87. The normalized spacial score (nSPS) is 14.8. The van der Waals surface area contributed by atoms with E-state index >= 15 is 0 Å². The van der Waals surface area contributed by atoms with Crippen LogP contribution in [0.3, 0.4) is 0 Å². The van der Waals surface area contributed by atoms with Crippen molar-refractivity contribution in [2.75, 3.05) is 13.1 Å². The fourth-order valence-corrected chi connectivity index (χ4v) is 4.20. The average molecular weight is 399 g/mol. The van der Waals surface area contributed by atoms with Gasteiger partial charge in [-0.3, -0.25) is 9.48 Å². The number of piperidine rings is 1. The van der Waals surface area contributed by atoms with Gasteiger partial charge in [0.15, 0.2) is 0 Å². The summed E-state index contributed by atoms with van der Waals surface area (Å²) in [4.78, 5) is 12.9. The Hall–Kier alpha value is -3.70. The first-order valence-electron chi connectivity index (χ1n) is 9.98. The summed E-state index contributed by atoms with van der Waals surface area (Å²) in [5, 5.41) is 21.5. The maximum absolute atomic E-state index is 12.9. The van der Waals surface area contributed by atoms with E-state index in [0.717, 1.165) is 48.2 Å². The first-order chi connectivity index (χ1) is 14.6. The first kappa shape index (κ1) is 18.3. The minimum absolute atomic E-state index is 0.0256. The van der Waals surface area contributed by atoms with E-state index in [0.29, 0.717) is 11.1 Å². The SMILES string of the molecule is Cn1cc(-c2cc(-c3ccn(C4CCNCC4)c(=O)c3)c3c(C#N)cnn3c2)cn1. The summed E-state index contributed by atoms with van der Waals surface area (Å²) in [5.41, 5.74) is 4.59. The van der Waals surface area contributed by atoms with Crippen LogP contribution in [0.25, 0.3) is 27.8 Å². The summed E-state index contributed by atoms with van der Waals surface area (Å²) < 4.78 is 5.27. The third-order valence-corrected chi connectivity index (χ3v) is 5.73. The average Bonchev–Trinajstić information content (AvgIpc) is 3.39. The van der Waals surface area contributed by atoms with Crippen LogP contribution in [0.1, 0.15) is 24.4 Å². The van der Waals surface area contributed by atoms with Gasteiger partial charge in [-0.05, 0) is 43.6 Å². The molecule has 0 unspecified atom stereocenters. The third-order valence-electron chi connectivity index (χ3n) is 5.73. The molecule has 150 valence electrons. The minimum atomic E-state index is -0.0256. The van der Waals surface area contributed by atoms with Crippen LogP contribution in [0.15, 0.2) is 54.0 Å². The topological polar surface area (TPSA) is 92.9 Å². The Bertz CT molecular complexity index is 1330. The molecule has 0 amide bonds. The van der Waals surface area contributed by atoms with Crippen LogP contribution in [0.4, 0.5) is 0 Å². The predicted octanol–water partition coefficient (Wildman–Crippen LogP) is 2.36. The fourth-order valence-electron chi connectivity index (χ4n) is 4.20. The van der Waals surface area contributed by atoms with Gasteiger partial charge in [0.05, 0.1) is 23.5 Å². The molecule has 5 rings (SSSR count). The summed E-state index contributed by atoms with van der Waals surface area (Å²) in [6.45, 7) is 1.85. The van der Waals surface area contributed by atoms with E-state index in [1.165, 1.54) is 0 Å². The van der Waals surface area contributed by atoms with Gasteiger partial charge in [0.25, 0.3) is 5.56 Å². The maximum Gasteiger partial charge on any atom is 0.251 e. The molecule has 0 saturated carbocycles. The molecule has 8 heteroatoms. The van der Waals surface area contributed by atoms with Crippen molar-refractivity contribution in [1.29, 1.82) is 5.26 Å². The lowest BCUT2D eigenvalue weighted by molar-refractivity contribution is 0.361. The number of aromatic nitrogens is 5. The standard InChI is InChI=1S/C22H21N7O/c1-27-13-18(12-25-27)16-8-20(22-17(10-23)11-26-29(22)14-16)15-4-7-28(21(30)9-15)19-2-5-24-6-3-19/h4,7-9,11-14,19,24H,2-3,5-6H2,1H3. The first-order valence-corrected chi connectivity index (χ1v) is 9.98. The molecule has 1 N–H and O–H groups in total. The molecule has 0 bridgehead atoms. The third kappa shape index (κ3) is 3.09. The van der Waals surface area contributed by atoms with Crippen molar-refractivity contribution in [3.8, 4) is 28.3 Å². The maximum atomic E-state index is 12.9. The van der Waals surface area contributed by atoms with Gasteiger partial charge >= 0.3 is 0 Å². The van der Waals surface area contributed by atoms with E-state index in [1.54, 1.807) is 27.7 Å². The Balaban J connectivity index is 1.67. The van der Waals surface area contributed by atoms with Gasteiger partial charge in [-0.15, -0.1) is 0 Å². The summed E-state index contributed by atoms with van der Waals surface area (Å²) in [5.74, 6) is 0. The number of nitrogens with zero attached hydrogens (tertiary/aromatic N) is 6. The van der Waals surface area contributed by atoms with Crippen LogP contribution in [0.5, 0.6) is 0 Å². The zero-order valence-corrected chi connectivity index (χ0v) is 16.6. The molecule has 0 aliphatic carbocycles. The molecule has 1 fully saturated rings. The largest absolute Gasteiger partial charge is 0.317 e. The Morgan fingerprint density at radius 1 is 1.10 bits per heavy atom.